The van der Waals surface area contributed by atoms with Crippen LogP contribution in [0.4, 0.5) is 18.9 Å². The Morgan fingerprint density at radius 2 is 2.14 bits per heavy atom. The monoisotopic (exact) mass is 297 g/mol. The number of nitrogens with one attached hydrogen (secondary N) is 1. The Hall–Kier alpha value is -2.07. The van der Waals surface area contributed by atoms with Crippen LogP contribution in [0.5, 0.6) is 0 Å². The fourth-order valence-electron chi connectivity index (χ4n) is 2.42. The average Bonchev–Trinajstić information content (AvgIpc) is 2.46. The lowest BCUT2D eigenvalue weighted by Crippen LogP contribution is -2.50. The fraction of sp³-hybridized carbons (Fsp3) is 0.429. The standard InChI is InChI=1S/C14H14F3N3O/c1-19-11-3-2-6-20(13(11)21)12-5-4-10(14(15,16)17)7-9(12)8-18/h4-5,7,11,19H,2-3,6H2,1H3. The van der Waals surface area contributed by atoms with Crippen molar-refractivity contribution in [1.29, 1.82) is 5.26 Å². The molecule has 1 atom stereocenters. The molecule has 1 aromatic carbocycles. The minimum absolute atomic E-state index is 0.144. The van der Waals surface area contributed by atoms with Crippen molar-refractivity contribution < 1.29 is 18.0 Å². The van der Waals surface area contributed by atoms with E-state index in [-0.39, 0.29) is 23.2 Å². The number of amides is 1. The maximum absolute atomic E-state index is 12.7. The zero-order chi connectivity index (χ0) is 15.6. The minimum atomic E-state index is -4.51. The molecule has 1 aliphatic heterocycles. The number of likely N-dealkylation sites (N-methyl/N-ethyl adjacent to an activating group) is 1. The largest absolute Gasteiger partial charge is 0.416 e. The molecule has 1 heterocycles. The van der Waals surface area contributed by atoms with Gasteiger partial charge in [-0.15, -0.1) is 0 Å². The van der Waals surface area contributed by atoms with Crippen LogP contribution >= 0.6 is 0 Å². The zero-order valence-corrected chi connectivity index (χ0v) is 11.4. The van der Waals surface area contributed by atoms with Gasteiger partial charge >= 0.3 is 6.18 Å². The Kier molecular flexibility index (Phi) is 4.19. The molecule has 1 N–H and O–H groups in total. The molecule has 1 unspecified atom stereocenters. The highest BCUT2D eigenvalue weighted by atomic mass is 19.4. The van der Waals surface area contributed by atoms with Crippen LogP contribution in [0.1, 0.15) is 24.0 Å². The van der Waals surface area contributed by atoms with E-state index >= 15 is 0 Å². The van der Waals surface area contributed by atoms with Gasteiger partial charge < -0.3 is 10.2 Å². The lowest BCUT2D eigenvalue weighted by molar-refractivity contribution is -0.137. The van der Waals surface area contributed by atoms with Crippen LogP contribution in [-0.2, 0) is 11.0 Å². The molecule has 1 amide bonds. The summed E-state index contributed by atoms with van der Waals surface area (Å²) in [4.78, 5) is 13.6. The smallest absolute Gasteiger partial charge is 0.310 e. The second kappa shape index (κ2) is 5.74. The summed E-state index contributed by atoms with van der Waals surface area (Å²) >= 11 is 0. The first-order chi connectivity index (χ1) is 9.88. The molecule has 1 aliphatic rings. The molecule has 4 nitrogen and oxygen atoms in total. The van der Waals surface area contributed by atoms with E-state index in [4.69, 9.17) is 5.26 Å². The molecule has 1 aromatic rings. The van der Waals surface area contributed by atoms with Crippen molar-refractivity contribution in [1.82, 2.24) is 5.32 Å². The lowest BCUT2D eigenvalue weighted by atomic mass is 10.0. The third-order valence-corrected chi connectivity index (χ3v) is 3.52. The summed E-state index contributed by atoms with van der Waals surface area (Å²) in [5, 5.41) is 12.0. The summed E-state index contributed by atoms with van der Waals surface area (Å²) in [5.74, 6) is -0.222. The van der Waals surface area contributed by atoms with Crippen molar-refractivity contribution in [3.8, 4) is 6.07 Å². The van der Waals surface area contributed by atoms with E-state index in [0.717, 1.165) is 18.6 Å². The molecule has 0 aliphatic carbocycles. The first-order valence-electron chi connectivity index (χ1n) is 6.48. The summed E-state index contributed by atoms with van der Waals surface area (Å²) < 4.78 is 38.0. The van der Waals surface area contributed by atoms with Crippen molar-refractivity contribution in [3.63, 3.8) is 0 Å². The number of rotatable bonds is 2. The number of carbonyl (C=O) groups excluding carboxylic acids is 1. The van der Waals surface area contributed by atoms with Crippen LogP contribution in [0.25, 0.3) is 0 Å². The second-order valence-corrected chi connectivity index (χ2v) is 4.81. The molecular weight excluding hydrogens is 283 g/mol. The van der Waals surface area contributed by atoms with Gasteiger partial charge in [0, 0.05) is 6.54 Å². The zero-order valence-electron chi connectivity index (χ0n) is 11.4. The van der Waals surface area contributed by atoms with Crippen LogP contribution in [0, 0.1) is 11.3 Å². The lowest BCUT2D eigenvalue weighted by Gasteiger charge is -2.32. The van der Waals surface area contributed by atoms with Crippen molar-refractivity contribution in [3.05, 3.63) is 29.3 Å². The topological polar surface area (TPSA) is 56.1 Å². The number of alkyl halides is 3. The normalized spacial score (nSPS) is 19.5. The highest BCUT2D eigenvalue weighted by Crippen LogP contribution is 2.33. The number of piperidine rings is 1. The van der Waals surface area contributed by atoms with Crippen molar-refractivity contribution >= 4 is 11.6 Å². The molecule has 0 spiro atoms. The summed E-state index contributed by atoms with van der Waals surface area (Å²) in [6.45, 7) is 0.400. The predicted octanol–water partition coefficient (Wildman–Crippen LogP) is 2.29. The van der Waals surface area contributed by atoms with E-state index < -0.39 is 11.7 Å². The van der Waals surface area contributed by atoms with Gasteiger partial charge in [0.2, 0.25) is 5.91 Å². The number of nitriles is 1. The predicted molar refractivity (Wildman–Crippen MR) is 70.6 cm³/mol. The van der Waals surface area contributed by atoms with Gasteiger partial charge in [-0.25, -0.2) is 0 Å². The van der Waals surface area contributed by atoms with Crippen LogP contribution in [0.3, 0.4) is 0 Å². The van der Waals surface area contributed by atoms with Crippen LogP contribution in [0.15, 0.2) is 18.2 Å². The number of carbonyl (C=O) groups is 1. The molecule has 1 saturated heterocycles. The third kappa shape index (κ3) is 3.00. The van der Waals surface area contributed by atoms with Crippen molar-refractivity contribution in [2.45, 2.75) is 25.1 Å². The Balaban J connectivity index is 2.40. The number of anilines is 1. The Morgan fingerprint density at radius 1 is 1.43 bits per heavy atom. The Bertz CT molecular complexity index is 592. The first kappa shape index (κ1) is 15.3. The fourth-order valence-corrected chi connectivity index (χ4v) is 2.42. The molecule has 2 rings (SSSR count). The highest BCUT2D eigenvalue weighted by Gasteiger charge is 2.33. The molecule has 0 aromatic heterocycles. The number of halogens is 3. The number of hydrogen-bond donors (Lipinski definition) is 1. The summed E-state index contributed by atoms with van der Waals surface area (Å²) in [6, 6.07) is 4.25. The van der Waals surface area contributed by atoms with Crippen molar-refractivity contribution in [2.24, 2.45) is 0 Å². The first-order valence-corrected chi connectivity index (χ1v) is 6.48. The summed E-state index contributed by atoms with van der Waals surface area (Å²) in [6.07, 6.45) is -3.11. The number of nitrogens with zero attached hydrogens (tertiary/aromatic N) is 2. The quantitative estimate of drug-likeness (QED) is 0.911. The van der Waals surface area contributed by atoms with Gasteiger partial charge in [0.15, 0.2) is 0 Å². The van der Waals surface area contributed by atoms with E-state index in [1.54, 1.807) is 13.1 Å². The molecule has 7 heteroatoms. The van der Waals surface area contributed by atoms with Crippen LogP contribution in [-0.4, -0.2) is 25.5 Å². The summed E-state index contributed by atoms with van der Waals surface area (Å²) in [7, 11) is 1.66. The van der Waals surface area contributed by atoms with Gasteiger partial charge in [-0.05, 0) is 38.1 Å². The molecule has 0 radical (unpaired) electrons. The van der Waals surface area contributed by atoms with Gasteiger partial charge in [-0.2, -0.15) is 18.4 Å². The van der Waals surface area contributed by atoms with E-state index in [1.807, 2.05) is 0 Å². The molecule has 1 fully saturated rings. The minimum Gasteiger partial charge on any atom is -0.310 e. The van der Waals surface area contributed by atoms with Gasteiger partial charge in [-0.1, -0.05) is 0 Å². The van der Waals surface area contributed by atoms with Crippen molar-refractivity contribution in [2.75, 3.05) is 18.5 Å². The van der Waals surface area contributed by atoms with Gasteiger partial charge in [0.25, 0.3) is 0 Å². The maximum atomic E-state index is 12.7. The Labute approximate surface area is 120 Å². The SMILES string of the molecule is CNC1CCCN(c2ccc(C(F)(F)F)cc2C#N)C1=O. The van der Waals surface area contributed by atoms with E-state index in [0.29, 0.717) is 13.0 Å². The third-order valence-electron chi connectivity index (χ3n) is 3.52. The molecule has 112 valence electrons. The number of hydrogen-bond acceptors (Lipinski definition) is 3. The Morgan fingerprint density at radius 3 is 2.71 bits per heavy atom. The highest BCUT2D eigenvalue weighted by molar-refractivity contribution is 5.99. The number of benzene rings is 1. The van der Waals surface area contributed by atoms with Gasteiger partial charge in [0.1, 0.15) is 6.07 Å². The van der Waals surface area contributed by atoms with Crippen LogP contribution in [0.2, 0.25) is 0 Å². The molecular formula is C14H14F3N3O. The van der Waals surface area contributed by atoms with Gasteiger partial charge in [0.05, 0.1) is 22.9 Å². The molecule has 0 bridgehead atoms. The average molecular weight is 297 g/mol. The van der Waals surface area contributed by atoms with E-state index in [9.17, 15) is 18.0 Å². The summed E-state index contributed by atoms with van der Waals surface area (Å²) in [5.41, 5.74) is -0.803. The van der Waals surface area contributed by atoms with E-state index in [1.165, 1.54) is 11.0 Å². The van der Waals surface area contributed by atoms with E-state index in [2.05, 4.69) is 5.32 Å². The van der Waals surface area contributed by atoms with Crippen LogP contribution < -0.4 is 10.2 Å². The molecule has 0 saturated carbocycles. The second-order valence-electron chi connectivity index (χ2n) is 4.81. The maximum Gasteiger partial charge on any atom is 0.416 e. The van der Waals surface area contributed by atoms with Gasteiger partial charge in [-0.3, -0.25) is 4.79 Å². The molecule has 21 heavy (non-hydrogen) atoms.